The van der Waals surface area contributed by atoms with Crippen molar-refractivity contribution in [3.8, 4) is 0 Å². The van der Waals surface area contributed by atoms with Gasteiger partial charge in [-0.05, 0) is 32.6 Å². The van der Waals surface area contributed by atoms with E-state index in [1.807, 2.05) is 6.92 Å². The highest BCUT2D eigenvalue weighted by Gasteiger charge is 2.49. The molecule has 2 aliphatic carbocycles. The average molecular weight is 227 g/mol. The minimum absolute atomic E-state index is 0.0959. The third-order valence-corrected chi connectivity index (χ3v) is 3.53. The molecule has 2 unspecified atom stereocenters. The van der Waals surface area contributed by atoms with Crippen molar-refractivity contribution in [3.63, 3.8) is 0 Å². The fourth-order valence-electron chi connectivity index (χ4n) is 2.46. The number of hydrogen-bond acceptors (Lipinski definition) is 4. The fourth-order valence-corrected chi connectivity index (χ4v) is 2.46. The zero-order chi connectivity index (χ0) is 11.6. The molecule has 0 radical (unpaired) electrons. The molecule has 4 heteroatoms. The van der Waals surface area contributed by atoms with E-state index in [0.29, 0.717) is 12.6 Å². The Morgan fingerprint density at radius 3 is 2.69 bits per heavy atom. The third kappa shape index (κ3) is 2.38. The molecular weight excluding hydrogens is 206 g/mol. The average Bonchev–Trinajstić information content (AvgIpc) is 2.97. The zero-order valence-corrected chi connectivity index (χ0v) is 10.1. The van der Waals surface area contributed by atoms with Gasteiger partial charge >= 0.3 is 5.97 Å². The predicted molar refractivity (Wildman–Crippen MR) is 60.2 cm³/mol. The Labute approximate surface area is 96.7 Å². The van der Waals surface area contributed by atoms with Gasteiger partial charge < -0.3 is 9.47 Å². The summed E-state index contributed by atoms with van der Waals surface area (Å²) in [5.41, 5.74) is -0.474. The van der Waals surface area contributed by atoms with Crippen molar-refractivity contribution in [2.45, 2.75) is 56.7 Å². The van der Waals surface area contributed by atoms with Crippen molar-refractivity contribution in [2.75, 3.05) is 13.7 Å². The van der Waals surface area contributed by atoms with E-state index in [4.69, 9.17) is 9.47 Å². The van der Waals surface area contributed by atoms with Crippen molar-refractivity contribution < 1.29 is 14.3 Å². The normalized spacial score (nSPS) is 34.0. The summed E-state index contributed by atoms with van der Waals surface area (Å²) >= 11 is 0. The summed E-state index contributed by atoms with van der Waals surface area (Å²) < 4.78 is 10.5. The van der Waals surface area contributed by atoms with Crippen molar-refractivity contribution in [1.29, 1.82) is 0 Å². The second-order valence-electron chi connectivity index (χ2n) is 4.82. The summed E-state index contributed by atoms with van der Waals surface area (Å²) in [6, 6.07) is 0.514. The van der Waals surface area contributed by atoms with Gasteiger partial charge in [0.1, 0.15) is 5.54 Å². The number of hydrogen-bond donors (Lipinski definition) is 1. The SMILES string of the molecule is CCOC(=O)C1(NC2CC2)CCC(OC)C1. The van der Waals surface area contributed by atoms with Gasteiger partial charge in [-0.3, -0.25) is 10.1 Å². The first kappa shape index (κ1) is 11.9. The van der Waals surface area contributed by atoms with E-state index in [0.717, 1.165) is 19.3 Å². The topological polar surface area (TPSA) is 47.6 Å². The lowest BCUT2D eigenvalue weighted by atomic mass is 9.97. The Balaban J connectivity index is 2.03. The number of ether oxygens (including phenoxy) is 2. The summed E-state index contributed by atoms with van der Waals surface area (Å²) in [4.78, 5) is 12.1. The highest BCUT2D eigenvalue weighted by Crippen LogP contribution is 2.36. The van der Waals surface area contributed by atoms with Crippen molar-refractivity contribution >= 4 is 5.97 Å². The van der Waals surface area contributed by atoms with E-state index in [-0.39, 0.29) is 12.1 Å². The van der Waals surface area contributed by atoms with Crippen LogP contribution in [0.5, 0.6) is 0 Å². The number of nitrogens with one attached hydrogen (secondary N) is 1. The molecule has 0 bridgehead atoms. The molecular formula is C12H21NO3. The largest absolute Gasteiger partial charge is 0.465 e. The summed E-state index contributed by atoms with van der Waals surface area (Å²) in [6.07, 6.45) is 5.07. The highest BCUT2D eigenvalue weighted by atomic mass is 16.5. The standard InChI is InChI=1S/C12H21NO3/c1-3-16-11(14)12(13-9-4-5-9)7-6-10(8-12)15-2/h9-10,13H,3-8H2,1-2H3. The molecule has 2 saturated carbocycles. The van der Waals surface area contributed by atoms with E-state index in [2.05, 4.69) is 5.32 Å². The van der Waals surface area contributed by atoms with Gasteiger partial charge in [-0.2, -0.15) is 0 Å². The first-order chi connectivity index (χ1) is 7.70. The molecule has 16 heavy (non-hydrogen) atoms. The molecule has 0 aromatic carbocycles. The molecule has 0 amide bonds. The summed E-state index contributed by atoms with van der Waals surface area (Å²) in [6.45, 7) is 2.30. The van der Waals surface area contributed by atoms with Crippen LogP contribution in [0.1, 0.15) is 39.0 Å². The van der Waals surface area contributed by atoms with Crippen LogP contribution in [0.25, 0.3) is 0 Å². The lowest BCUT2D eigenvalue weighted by molar-refractivity contribution is -0.151. The van der Waals surface area contributed by atoms with Crippen LogP contribution in [-0.2, 0) is 14.3 Å². The van der Waals surface area contributed by atoms with Gasteiger partial charge in [-0.15, -0.1) is 0 Å². The molecule has 0 heterocycles. The van der Waals surface area contributed by atoms with Gasteiger partial charge in [0.25, 0.3) is 0 Å². The van der Waals surface area contributed by atoms with Gasteiger partial charge in [0.2, 0.25) is 0 Å². The molecule has 0 spiro atoms. The number of carbonyl (C=O) groups is 1. The van der Waals surface area contributed by atoms with E-state index >= 15 is 0 Å². The zero-order valence-electron chi connectivity index (χ0n) is 10.1. The summed E-state index contributed by atoms with van der Waals surface area (Å²) in [5, 5.41) is 3.46. The summed E-state index contributed by atoms with van der Waals surface area (Å²) in [5.74, 6) is -0.0959. The van der Waals surface area contributed by atoms with Crippen LogP contribution in [0.4, 0.5) is 0 Å². The Morgan fingerprint density at radius 2 is 2.19 bits per heavy atom. The number of methoxy groups -OCH3 is 1. The minimum atomic E-state index is -0.474. The first-order valence-corrected chi connectivity index (χ1v) is 6.18. The van der Waals surface area contributed by atoms with Crippen LogP contribution in [0.3, 0.4) is 0 Å². The van der Waals surface area contributed by atoms with Crippen molar-refractivity contribution in [2.24, 2.45) is 0 Å². The van der Waals surface area contributed by atoms with E-state index < -0.39 is 5.54 Å². The molecule has 0 saturated heterocycles. The van der Waals surface area contributed by atoms with Crippen LogP contribution in [0.15, 0.2) is 0 Å². The lowest BCUT2D eigenvalue weighted by Crippen LogP contribution is -2.52. The second kappa shape index (κ2) is 4.72. The minimum Gasteiger partial charge on any atom is -0.465 e. The maximum absolute atomic E-state index is 12.1. The van der Waals surface area contributed by atoms with E-state index in [1.165, 1.54) is 12.8 Å². The van der Waals surface area contributed by atoms with Gasteiger partial charge in [0.05, 0.1) is 12.7 Å². The molecule has 2 atom stereocenters. The van der Waals surface area contributed by atoms with Crippen molar-refractivity contribution in [1.82, 2.24) is 5.32 Å². The van der Waals surface area contributed by atoms with E-state index in [1.54, 1.807) is 7.11 Å². The van der Waals surface area contributed by atoms with Gasteiger partial charge in [0, 0.05) is 19.6 Å². The molecule has 0 aromatic rings. The Morgan fingerprint density at radius 1 is 1.44 bits per heavy atom. The molecule has 4 nitrogen and oxygen atoms in total. The molecule has 2 aliphatic rings. The van der Waals surface area contributed by atoms with Gasteiger partial charge in [-0.25, -0.2) is 0 Å². The van der Waals surface area contributed by atoms with Crippen LogP contribution in [0, 0.1) is 0 Å². The van der Waals surface area contributed by atoms with Crippen LogP contribution in [0.2, 0.25) is 0 Å². The maximum Gasteiger partial charge on any atom is 0.326 e. The first-order valence-electron chi connectivity index (χ1n) is 6.18. The molecule has 2 rings (SSSR count). The number of rotatable bonds is 5. The third-order valence-electron chi connectivity index (χ3n) is 3.53. The lowest BCUT2D eigenvalue weighted by Gasteiger charge is -2.28. The maximum atomic E-state index is 12.1. The second-order valence-corrected chi connectivity index (χ2v) is 4.82. The van der Waals surface area contributed by atoms with Crippen LogP contribution < -0.4 is 5.32 Å². The fraction of sp³-hybridized carbons (Fsp3) is 0.917. The van der Waals surface area contributed by atoms with Crippen LogP contribution >= 0.6 is 0 Å². The highest BCUT2D eigenvalue weighted by molar-refractivity contribution is 5.81. The Kier molecular flexibility index (Phi) is 3.50. The number of esters is 1. The molecule has 0 aromatic heterocycles. The van der Waals surface area contributed by atoms with E-state index in [9.17, 15) is 4.79 Å². The molecule has 2 fully saturated rings. The monoisotopic (exact) mass is 227 g/mol. The summed E-state index contributed by atoms with van der Waals surface area (Å²) in [7, 11) is 1.71. The molecule has 1 N–H and O–H groups in total. The van der Waals surface area contributed by atoms with Crippen LogP contribution in [-0.4, -0.2) is 37.4 Å². The van der Waals surface area contributed by atoms with Gasteiger partial charge in [0.15, 0.2) is 0 Å². The predicted octanol–water partition coefficient (Wildman–Crippen LogP) is 1.24. The Hall–Kier alpha value is -0.610. The smallest absolute Gasteiger partial charge is 0.326 e. The molecule has 0 aliphatic heterocycles. The quantitative estimate of drug-likeness (QED) is 0.718. The van der Waals surface area contributed by atoms with Gasteiger partial charge in [-0.1, -0.05) is 0 Å². The van der Waals surface area contributed by atoms with Crippen molar-refractivity contribution in [3.05, 3.63) is 0 Å². The Bertz CT molecular complexity index is 265. The molecule has 92 valence electrons. The number of carbonyl (C=O) groups excluding carboxylic acids is 1.